The first-order valence-corrected chi connectivity index (χ1v) is 5.55. The predicted molar refractivity (Wildman–Crippen MR) is 64.5 cm³/mol. The maximum absolute atomic E-state index is 11.0. The summed E-state index contributed by atoms with van der Waals surface area (Å²) in [6.45, 7) is 5.44. The number of carboxylic acid groups (broad SMARTS) is 1. The van der Waals surface area contributed by atoms with Crippen LogP contribution in [0, 0.1) is 6.92 Å². The quantitative estimate of drug-likeness (QED) is 0.825. The van der Waals surface area contributed by atoms with Gasteiger partial charge in [-0.25, -0.2) is 4.79 Å². The van der Waals surface area contributed by atoms with E-state index in [2.05, 4.69) is 0 Å². The molecular weight excluding hydrogens is 220 g/mol. The van der Waals surface area contributed by atoms with Gasteiger partial charge in [-0.2, -0.15) is 0 Å². The number of aryl methyl sites for hydroxylation is 1. The molecule has 1 rings (SSSR count). The third-order valence-corrected chi connectivity index (χ3v) is 2.67. The van der Waals surface area contributed by atoms with Gasteiger partial charge in [-0.1, -0.05) is 13.0 Å². The van der Waals surface area contributed by atoms with Gasteiger partial charge in [0.15, 0.2) is 0 Å². The second-order valence-corrected chi connectivity index (χ2v) is 4.44. The lowest BCUT2D eigenvalue weighted by Crippen LogP contribution is -2.31. The summed E-state index contributed by atoms with van der Waals surface area (Å²) in [4.78, 5) is 11.0. The standard InChI is InChI=1S/C13H18O4/c1-4-13(3,16)8-17-11-7-9(2)5-6-10(11)12(14)15/h5-7,16H,4,8H2,1-3H3,(H,14,15). The normalized spacial score (nSPS) is 14.1. The molecule has 1 atom stereocenters. The fourth-order valence-corrected chi connectivity index (χ4v) is 1.26. The van der Waals surface area contributed by atoms with Gasteiger partial charge < -0.3 is 14.9 Å². The molecule has 0 amide bonds. The Morgan fingerprint density at radius 1 is 1.47 bits per heavy atom. The van der Waals surface area contributed by atoms with E-state index >= 15 is 0 Å². The molecule has 0 aliphatic rings. The molecule has 17 heavy (non-hydrogen) atoms. The molecule has 0 radical (unpaired) electrons. The Labute approximate surface area is 101 Å². The number of aromatic carboxylic acids is 1. The van der Waals surface area contributed by atoms with E-state index in [4.69, 9.17) is 9.84 Å². The Morgan fingerprint density at radius 3 is 2.65 bits per heavy atom. The molecule has 0 bridgehead atoms. The van der Waals surface area contributed by atoms with E-state index in [0.29, 0.717) is 12.2 Å². The first-order chi connectivity index (χ1) is 7.85. The topological polar surface area (TPSA) is 66.8 Å². The van der Waals surface area contributed by atoms with Gasteiger partial charge >= 0.3 is 5.97 Å². The number of carbonyl (C=O) groups is 1. The predicted octanol–water partition coefficient (Wildman–Crippen LogP) is 2.23. The molecule has 1 aromatic carbocycles. The van der Waals surface area contributed by atoms with Gasteiger partial charge in [0.1, 0.15) is 17.9 Å². The minimum absolute atomic E-state index is 0.0766. The second-order valence-electron chi connectivity index (χ2n) is 4.44. The van der Waals surface area contributed by atoms with Gasteiger partial charge in [-0.05, 0) is 38.0 Å². The molecule has 1 unspecified atom stereocenters. The zero-order valence-electron chi connectivity index (χ0n) is 10.4. The van der Waals surface area contributed by atoms with E-state index in [1.54, 1.807) is 19.1 Å². The number of hydrogen-bond donors (Lipinski definition) is 2. The molecule has 0 aromatic heterocycles. The summed E-state index contributed by atoms with van der Waals surface area (Å²) in [5.41, 5.74) is 0.0862. The lowest BCUT2D eigenvalue weighted by Gasteiger charge is -2.22. The van der Waals surface area contributed by atoms with E-state index in [1.165, 1.54) is 6.07 Å². The molecule has 2 N–H and O–H groups in total. The van der Waals surface area contributed by atoms with Crippen LogP contribution in [-0.4, -0.2) is 28.4 Å². The molecule has 4 nitrogen and oxygen atoms in total. The summed E-state index contributed by atoms with van der Waals surface area (Å²) >= 11 is 0. The molecule has 0 spiro atoms. The van der Waals surface area contributed by atoms with Crippen LogP contribution in [0.3, 0.4) is 0 Å². The summed E-state index contributed by atoms with van der Waals surface area (Å²) < 4.78 is 5.40. The Hall–Kier alpha value is -1.55. The van der Waals surface area contributed by atoms with Gasteiger partial charge in [0, 0.05) is 0 Å². The second kappa shape index (κ2) is 5.19. The summed E-state index contributed by atoms with van der Waals surface area (Å²) in [6, 6.07) is 4.89. The maximum atomic E-state index is 11.0. The van der Waals surface area contributed by atoms with Crippen molar-refractivity contribution in [1.29, 1.82) is 0 Å². The number of ether oxygens (including phenoxy) is 1. The minimum atomic E-state index is -1.03. The number of hydrogen-bond acceptors (Lipinski definition) is 3. The third kappa shape index (κ3) is 3.75. The zero-order valence-corrected chi connectivity index (χ0v) is 10.4. The van der Waals surface area contributed by atoms with Gasteiger partial charge in [0.25, 0.3) is 0 Å². The highest BCUT2D eigenvalue weighted by molar-refractivity contribution is 5.90. The van der Waals surface area contributed by atoms with E-state index in [0.717, 1.165) is 5.56 Å². The van der Waals surface area contributed by atoms with Crippen molar-refractivity contribution in [1.82, 2.24) is 0 Å². The van der Waals surface area contributed by atoms with Crippen molar-refractivity contribution < 1.29 is 19.7 Å². The van der Waals surface area contributed by atoms with Crippen LogP contribution in [-0.2, 0) is 0 Å². The molecule has 0 fully saturated rings. The van der Waals surface area contributed by atoms with Crippen molar-refractivity contribution in [2.24, 2.45) is 0 Å². The molecular formula is C13H18O4. The van der Waals surface area contributed by atoms with Gasteiger partial charge in [0.05, 0.1) is 5.60 Å². The minimum Gasteiger partial charge on any atom is -0.490 e. The van der Waals surface area contributed by atoms with Crippen molar-refractivity contribution in [2.45, 2.75) is 32.8 Å². The summed E-state index contributed by atoms with van der Waals surface area (Å²) in [7, 11) is 0. The lowest BCUT2D eigenvalue weighted by molar-refractivity contribution is 0.00787. The number of rotatable bonds is 5. The molecule has 94 valence electrons. The van der Waals surface area contributed by atoms with E-state index in [1.807, 2.05) is 13.8 Å². The monoisotopic (exact) mass is 238 g/mol. The summed E-state index contributed by atoms with van der Waals surface area (Å²) in [6.07, 6.45) is 0.543. The zero-order chi connectivity index (χ0) is 13.1. The van der Waals surface area contributed by atoms with Crippen LogP contribution in [0.25, 0.3) is 0 Å². The largest absolute Gasteiger partial charge is 0.490 e. The Balaban J connectivity index is 2.89. The van der Waals surface area contributed by atoms with Crippen molar-refractivity contribution in [3.8, 4) is 5.75 Å². The van der Waals surface area contributed by atoms with E-state index in [-0.39, 0.29) is 12.2 Å². The van der Waals surface area contributed by atoms with Gasteiger partial charge in [-0.15, -0.1) is 0 Å². The van der Waals surface area contributed by atoms with Crippen LogP contribution in [0.15, 0.2) is 18.2 Å². The molecule has 4 heteroatoms. The first kappa shape index (κ1) is 13.5. The van der Waals surface area contributed by atoms with Crippen molar-refractivity contribution in [3.05, 3.63) is 29.3 Å². The molecule has 1 aromatic rings. The third-order valence-electron chi connectivity index (χ3n) is 2.67. The molecule has 0 heterocycles. The van der Waals surface area contributed by atoms with Crippen LogP contribution in [0.1, 0.15) is 36.2 Å². The molecule has 0 aliphatic heterocycles. The first-order valence-electron chi connectivity index (χ1n) is 5.55. The average Bonchev–Trinajstić information content (AvgIpc) is 2.26. The van der Waals surface area contributed by atoms with E-state index in [9.17, 15) is 9.90 Å². The van der Waals surface area contributed by atoms with Crippen molar-refractivity contribution in [2.75, 3.05) is 6.61 Å². The summed E-state index contributed by atoms with van der Waals surface area (Å²) in [5, 5.41) is 18.8. The van der Waals surface area contributed by atoms with Crippen molar-refractivity contribution in [3.63, 3.8) is 0 Å². The van der Waals surface area contributed by atoms with Crippen LogP contribution < -0.4 is 4.74 Å². The highest BCUT2D eigenvalue weighted by atomic mass is 16.5. The molecule has 0 saturated carbocycles. The van der Waals surface area contributed by atoms with Crippen LogP contribution in [0.2, 0.25) is 0 Å². The highest BCUT2D eigenvalue weighted by Gasteiger charge is 2.20. The van der Waals surface area contributed by atoms with Crippen molar-refractivity contribution >= 4 is 5.97 Å². The van der Waals surface area contributed by atoms with E-state index < -0.39 is 11.6 Å². The van der Waals surface area contributed by atoms with Crippen LogP contribution >= 0.6 is 0 Å². The Bertz CT molecular complexity index is 410. The highest BCUT2D eigenvalue weighted by Crippen LogP contribution is 2.22. The fourth-order valence-electron chi connectivity index (χ4n) is 1.26. The summed E-state index contributed by atoms with van der Waals surface area (Å²) in [5.74, 6) is -0.734. The molecule has 0 aliphatic carbocycles. The number of carboxylic acids is 1. The maximum Gasteiger partial charge on any atom is 0.339 e. The van der Waals surface area contributed by atoms with Gasteiger partial charge in [-0.3, -0.25) is 0 Å². The van der Waals surface area contributed by atoms with Gasteiger partial charge in [0.2, 0.25) is 0 Å². The SMILES string of the molecule is CCC(C)(O)COc1cc(C)ccc1C(=O)O. The Kier molecular flexibility index (Phi) is 4.12. The van der Waals surface area contributed by atoms with Crippen LogP contribution in [0.4, 0.5) is 0 Å². The fraction of sp³-hybridized carbons (Fsp3) is 0.462. The lowest BCUT2D eigenvalue weighted by atomic mass is 10.1. The van der Waals surface area contributed by atoms with Crippen LogP contribution in [0.5, 0.6) is 5.75 Å². The average molecular weight is 238 g/mol. The smallest absolute Gasteiger partial charge is 0.339 e. The Morgan fingerprint density at radius 2 is 2.12 bits per heavy atom. The number of benzene rings is 1. The number of aliphatic hydroxyl groups is 1. The molecule has 0 saturated heterocycles.